The van der Waals surface area contributed by atoms with E-state index >= 15 is 0 Å². The SMILES string of the molecule is CCCNc1ccc(N2CCCCC2)cc1. The summed E-state index contributed by atoms with van der Waals surface area (Å²) in [6, 6.07) is 8.87. The number of hydrogen-bond acceptors (Lipinski definition) is 2. The summed E-state index contributed by atoms with van der Waals surface area (Å²) in [6.07, 6.45) is 5.26. The third kappa shape index (κ3) is 2.91. The molecule has 1 saturated heterocycles. The highest BCUT2D eigenvalue weighted by molar-refractivity contribution is 5.55. The fourth-order valence-corrected chi connectivity index (χ4v) is 2.21. The largest absolute Gasteiger partial charge is 0.385 e. The third-order valence-electron chi connectivity index (χ3n) is 3.17. The average molecular weight is 218 g/mol. The molecule has 1 aromatic carbocycles. The van der Waals surface area contributed by atoms with E-state index < -0.39 is 0 Å². The molecule has 1 aliphatic rings. The quantitative estimate of drug-likeness (QED) is 0.832. The number of benzene rings is 1. The monoisotopic (exact) mass is 218 g/mol. The summed E-state index contributed by atoms with van der Waals surface area (Å²) in [5.41, 5.74) is 2.62. The molecule has 2 rings (SSSR count). The molecule has 16 heavy (non-hydrogen) atoms. The van der Waals surface area contributed by atoms with Crippen molar-refractivity contribution in [2.24, 2.45) is 0 Å². The summed E-state index contributed by atoms with van der Waals surface area (Å²) in [7, 11) is 0. The van der Waals surface area contributed by atoms with E-state index in [1.807, 2.05) is 0 Å². The van der Waals surface area contributed by atoms with Crippen LogP contribution in [0.2, 0.25) is 0 Å². The highest BCUT2D eigenvalue weighted by atomic mass is 15.1. The van der Waals surface area contributed by atoms with Gasteiger partial charge >= 0.3 is 0 Å². The van der Waals surface area contributed by atoms with Crippen LogP contribution >= 0.6 is 0 Å². The van der Waals surface area contributed by atoms with Crippen LogP contribution in [0.1, 0.15) is 32.6 Å². The van der Waals surface area contributed by atoms with Gasteiger partial charge in [-0.1, -0.05) is 6.92 Å². The van der Waals surface area contributed by atoms with Crippen molar-refractivity contribution in [2.75, 3.05) is 29.9 Å². The van der Waals surface area contributed by atoms with Crippen molar-refractivity contribution in [3.8, 4) is 0 Å². The number of rotatable bonds is 4. The second kappa shape index (κ2) is 5.78. The Balaban J connectivity index is 1.95. The van der Waals surface area contributed by atoms with Crippen molar-refractivity contribution >= 4 is 11.4 Å². The molecule has 0 radical (unpaired) electrons. The van der Waals surface area contributed by atoms with Crippen LogP contribution in [0.3, 0.4) is 0 Å². The molecule has 0 spiro atoms. The molecule has 2 nitrogen and oxygen atoms in total. The standard InChI is InChI=1S/C14H22N2/c1-2-10-15-13-6-8-14(9-7-13)16-11-4-3-5-12-16/h6-9,15H,2-5,10-12H2,1H3. The predicted molar refractivity (Wildman–Crippen MR) is 71.3 cm³/mol. The van der Waals surface area contributed by atoms with Crippen LogP contribution < -0.4 is 10.2 Å². The van der Waals surface area contributed by atoms with Gasteiger partial charge in [0.15, 0.2) is 0 Å². The van der Waals surface area contributed by atoms with Gasteiger partial charge in [0.25, 0.3) is 0 Å². The molecular weight excluding hydrogens is 196 g/mol. The Bertz CT molecular complexity index is 299. The maximum Gasteiger partial charge on any atom is 0.0367 e. The van der Waals surface area contributed by atoms with Crippen LogP contribution in [0.15, 0.2) is 24.3 Å². The van der Waals surface area contributed by atoms with Crippen LogP contribution in [-0.4, -0.2) is 19.6 Å². The number of anilines is 2. The Morgan fingerprint density at radius 3 is 2.38 bits per heavy atom. The molecule has 1 aromatic rings. The van der Waals surface area contributed by atoms with E-state index in [-0.39, 0.29) is 0 Å². The number of hydrogen-bond donors (Lipinski definition) is 1. The Kier molecular flexibility index (Phi) is 4.09. The molecule has 0 amide bonds. The van der Waals surface area contributed by atoms with Gasteiger partial charge < -0.3 is 10.2 Å². The molecule has 1 aliphatic heterocycles. The fraction of sp³-hybridized carbons (Fsp3) is 0.571. The van der Waals surface area contributed by atoms with Gasteiger partial charge in [0.2, 0.25) is 0 Å². The minimum atomic E-state index is 1.06. The van der Waals surface area contributed by atoms with Crippen LogP contribution in [0.5, 0.6) is 0 Å². The summed E-state index contributed by atoms with van der Waals surface area (Å²) in [4.78, 5) is 2.49. The second-order valence-corrected chi connectivity index (χ2v) is 4.52. The van der Waals surface area contributed by atoms with Crippen LogP contribution in [0.4, 0.5) is 11.4 Å². The van der Waals surface area contributed by atoms with Crippen molar-refractivity contribution < 1.29 is 0 Å². The average Bonchev–Trinajstić information content (AvgIpc) is 2.38. The van der Waals surface area contributed by atoms with Crippen LogP contribution in [0.25, 0.3) is 0 Å². The van der Waals surface area contributed by atoms with E-state index in [9.17, 15) is 0 Å². The minimum Gasteiger partial charge on any atom is -0.385 e. The van der Waals surface area contributed by atoms with Crippen LogP contribution in [0, 0.1) is 0 Å². The molecule has 0 bridgehead atoms. The molecule has 0 unspecified atom stereocenters. The van der Waals surface area contributed by atoms with Gasteiger partial charge in [-0.15, -0.1) is 0 Å². The van der Waals surface area contributed by atoms with Crippen molar-refractivity contribution in [3.05, 3.63) is 24.3 Å². The van der Waals surface area contributed by atoms with E-state index in [1.165, 1.54) is 50.1 Å². The van der Waals surface area contributed by atoms with Gasteiger partial charge in [0.05, 0.1) is 0 Å². The molecule has 0 aromatic heterocycles. The zero-order valence-corrected chi connectivity index (χ0v) is 10.2. The molecule has 0 aliphatic carbocycles. The van der Waals surface area contributed by atoms with Crippen molar-refractivity contribution in [3.63, 3.8) is 0 Å². The van der Waals surface area contributed by atoms with Crippen molar-refractivity contribution in [1.29, 1.82) is 0 Å². The number of nitrogens with one attached hydrogen (secondary N) is 1. The van der Waals surface area contributed by atoms with E-state index in [2.05, 4.69) is 41.4 Å². The molecule has 0 atom stereocenters. The summed E-state index contributed by atoms with van der Waals surface area (Å²) >= 11 is 0. The van der Waals surface area contributed by atoms with Gasteiger partial charge in [0.1, 0.15) is 0 Å². The van der Waals surface area contributed by atoms with Crippen molar-refractivity contribution in [1.82, 2.24) is 0 Å². The first-order chi connectivity index (χ1) is 7.90. The Morgan fingerprint density at radius 1 is 1.06 bits per heavy atom. The zero-order chi connectivity index (χ0) is 11.2. The van der Waals surface area contributed by atoms with Gasteiger partial charge in [0, 0.05) is 31.0 Å². The third-order valence-corrected chi connectivity index (χ3v) is 3.17. The minimum absolute atomic E-state index is 1.06. The first-order valence-electron chi connectivity index (χ1n) is 6.49. The van der Waals surface area contributed by atoms with Crippen molar-refractivity contribution in [2.45, 2.75) is 32.6 Å². The topological polar surface area (TPSA) is 15.3 Å². The summed E-state index contributed by atoms with van der Waals surface area (Å²) in [6.45, 7) is 5.70. The van der Waals surface area contributed by atoms with Gasteiger partial charge in [-0.05, 0) is 49.9 Å². The maximum absolute atomic E-state index is 3.41. The normalized spacial score (nSPS) is 16.2. The van der Waals surface area contributed by atoms with Gasteiger partial charge in [-0.25, -0.2) is 0 Å². The molecule has 88 valence electrons. The first-order valence-corrected chi connectivity index (χ1v) is 6.49. The van der Waals surface area contributed by atoms with E-state index in [0.29, 0.717) is 0 Å². The maximum atomic E-state index is 3.41. The summed E-state index contributed by atoms with van der Waals surface area (Å²) < 4.78 is 0. The smallest absolute Gasteiger partial charge is 0.0367 e. The fourth-order valence-electron chi connectivity index (χ4n) is 2.21. The Morgan fingerprint density at radius 2 is 1.75 bits per heavy atom. The van der Waals surface area contributed by atoms with E-state index in [0.717, 1.165) is 6.54 Å². The van der Waals surface area contributed by atoms with E-state index in [1.54, 1.807) is 0 Å². The lowest BCUT2D eigenvalue weighted by Crippen LogP contribution is -2.29. The lowest BCUT2D eigenvalue weighted by molar-refractivity contribution is 0.578. The predicted octanol–water partition coefficient (Wildman–Crippen LogP) is 3.50. The Hall–Kier alpha value is -1.18. The van der Waals surface area contributed by atoms with E-state index in [4.69, 9.17) is 0 Å². The number of piperidine rings is 1. The van der Waals surface area contributed by atoms with Crippen LogP contribution in [-0.2, 0) is 0 Å². The summed E-state index contributed by atoms with van der Waals surface area (Å²) in [5.74, 6) is 0. The second-order valence-electron chi connectivity index (χ2n) is 4.52. The van der Waals surface area contributed by atoms with Gasteiger partial charge in [-0.3, -0.25) is 0 Å². The number of nitrogens with zero attached hydrogens (tertiary/aromatic N) is 1. The zero-order valence-electron chi connectivity index (χ0n) is 10.2. The molecule has 1 N–H and O–H groups in total. The lowest BCUT2D eigenvalue weighted by atomic mass is 10.1. The first kappa shape index (κ1) is 11.3. The highest BCUT2D eigenvalue weighted by Crippen LogP contribution is 2.21. The molecule has 1 heterocycles. The Labute approximate surface area is 98.7 Å². The molecule has 2 heteroatoms. The lowest BCUT2D eigenvalue weighted by Gasteiger charge is -2.28. The molecule has 1 fully saturated rings. The molecular formula is C14H22N2. The summed E-state index contributed by atoms with van der Waals surface area (Å²) in [5, 5.41) is 3.41. The molecule has 0 saturated carbocycles. The highest BCUT2D eigenvalue weighted by Gasteiger charge is 2.10. The van der Waals surface area contributed by atoms with Gasteiger partial charge in [-0.2, -0.15) is 0 Å².